The third-order valence-corrected chi connectivity index (χ3v) is 11.4. The van der Waals surface area contributed by atoms with Crippen molar-refractivity contribution in [3.05, 3.63) is 217 Å². The van der Waals surface area contributed by atoms with Gasteiger partial charge in [-0.15, -0.1) is 0 Å². The van der Waals surface area contributed by atoms with E-state index in [2.05, 4.69) is 230 Å². The summed E-state index contributed by atoms with van der Waals surface area (Å²) in [6.45, 7) is 4.67. The maximum atomic E-state index is 2.43. The minimum atomic E-state index is -0.0960. The third-order valence-electron chi connectivity index (χ3n) is 11.4. The van der Waals surface area contributed by atoms with Gasteiger partial charge in [0.25, 0.3) is 0 Å². The largest absolute Gasteiger partial charge is 0.310 e. The maximum Gasteiger partial charge on any atom is 0.0546 e. The Morgan fingerprint density at radius 1 is 0.382 bits per heavy atom. The summed E-state index contributed by atoms with van der Waals surface area (Å²) in [5.74, 6) is 0. The van der Waals surface area contributed by atoms with Crippen LogP contribution >= 0.6 is 0 Å². The van der Waals surface area contributed by atoms with E-state index in [0.717, 1.165) is 22.7 Å². The average Bonchev–Trinajstić information content (AvgIpc) is 3.25. The summed E-state index contributed by atoms with van der Waals surface area (Å²) in [7, 11) is 0. The van der Waals surface area contributed by atoms with Crippen LogP contribution in [-0.2, 0) is 5.41 Å². The van der Waals surface area contributed by atoms with Crippen molar-refractivity contribution in [2.45, 2.75) is 19.3 Å². The van der Waals surface area contributed by atoms with Gasteiger partial charge < -0.3 is 9.80 Å². The molecule has 0 radical (unpaired) electrons. The smallest absolute Gasteiger partial charge is 0.0546 e. The molecule has 2 nitrogen and oxygen atoms in total. The predicted octanol–water partition coefficient (Wildman–Crippen LogP) is 14.9. The molecule has 1 aliphatic heterocycles. The van der Waals surface area contributed by atoms with Gasteiger partial charge in [0.05, 0.1) is 17.1 Å². The van der Waals surface area contributed by atoms with Gasteiger partial charge >= 0.3 is 0 Å². The second-order valence-electron chi connectivity index (χ2n) is 15.0. The Morgan fingerprint density at radius 2 is 0.873 bits per heavy atom. The van der Waals surface area contributed by atoms with Gasteiger partial charge in [0.15, 0.2) is 0 Å². The number of anilines is 6. The molecular weight excluding hydrogens is 665 g/mol. The highest BCUT2D eigenvalue weighted by Gasteiger charge is 2.36. The van der Waals surface area contributed by atoms with E-state index in [-0.39, 0.29) is 5.41 Å². The molecule has 0 amide bonds. The number of rotatable bonds is 6. The van der Waals surface area contributed by atoms with E-state index in [1.807, 2.05) is 0 Å². The van der Waals surface area contributed by atoms with Crippen LogP contribution in [0.15, 0.2) is 206 Å². The van der Waals surface area contributed by atoms with E-state index in [9.17, 15) is 0 Å². The minimum Gasteiger partial charge on any atom is -0.310 e. The van der Waals surface area contributed by atoms with Crippen molar-refractivity contribution in [1.29, 1.82) is 0 Å². The number of hydrogen-bond donors (Lipinski definition) is 0. The third kappa shape index (κ3) is 5.57. The average molecular weight is 705 g/mol. The highest BCUT2D eigenvalue weighted by molar-refractivity contribution is 6.14. The van der Waals surface area contributed by atoms with Crippen molar-refractivity contribution >= 4 is 55.7 Å². The molecule has 10 rings (SSSR count). The number of hydrogen-bond acceptors (Lipinski definition) is 2. The Morgan fingerprint density at radius 3 is 1.53 bits per heavy atom. The second kappa shape index (κ2) is 13.2. The van der Waals surface area contributed by atoms with Gasteiger partial charge in [-0.25, -0.2) is 0 Å². The molecular formula is C53H40N2. The highest BCUT2D eigenvalue weighted by Crippen LogP contribution is 2.52. The van der Waals surface area contributed by atoms with E-state index in [0.29, 0.717) is 0 Å². The molecule has 55 heavy (non-hydrogen) atoms. The number of para-hydroxylation sites is 2. The molecule has 0 unspecified atom stereocenters. The van der Waals surface area contributed by atoms with Gasteiger partial charge in [0.2, 0.25) is 0 Å². The van der Waals surface area contributed by atoms with Crippen LogP contribution in [0, 0.1) is 0 Å². The Balaban J connectivity index is 1.08. The van der Waals surface area contributed by atoms with Crippen LogP contribution in [0.2, 0.25) is 0 Å². The van der Waals surface area contributed by atoms with Crippen LogP contribution in [0.25, 0.3) is 43.8 Å². The van der Waals surface area contributed by atoms with Crippen LogP contribution in [0.4, 0.5) is 34.1 Å². The van der Waals surface area contributed by atoms with Gasteiger partial charge in [-0.05, 0) is 104 Å². The first-order valence-corrected chi connectivity index (χ1v) is 19.1. The van der Waals surface area contributed by atoms with Gasteiger partial charge in [-0.3, -0.25) is 0 Å². The molecule has 262 valence electrons. The van der Waals surface area contributed by atoms with Crippen LogP contribution in [-0.4, -0.2) is 0 Å². The molecule has 0 N–H and O–H groups in total. The Hall–Kier alpha value is -6.90. The molecule has 0 saturated carbocycles. The standard InChI is InChI=1S/C53H40N2/c1-53(2)48-23-10-12-25-50(48)55(51-26-13-11-24-49(51)53)44-19-14-18-40(35-44)39-29-33-43(34-30-39)54(42-31-27-38(28-32-42)37-15-4-3-5-16-37)52-36-41-17-6-7-20-45(41)46-21-8-9-22-47(46)52/h3-36H,1-2H3. The topological polar surface area (TPSA) is 6.48 Å². The summed E-state index contributed by atoms with van der Waals surface area (Å²) in [5.41, 5.74) is 14.3. The molecule has 0 spiro atoms. The lowest BCUT2D eigenvalue weighted by Crippen LogP contribution is -2.30. The molecule has 9 aromatic rings. The zero-order valence-corrected chi connectivity index (χ0v) is 31.0. The Kier molecular flexibility index (Phi) is 7.85. The summed E-state index contributed by atoms with van der Waals surface area (Å²) in [5, 5.41) is 4.95. The SMILES string of the molecule is CC1(C)c2ccccc2N(c2cccc(-c3ccc(N(c4ccc(-c5ccccc5)cc4)c4cc5ccccc5c5ccccc45)cc3)c2)c2ccccc21. The van der Waals surface area contributed by atoms with Gasteiger partial charge in [0.1, 0.15) is 0 Å². The van der Waals surface area contributed by atoms with Crippen molar-refractivity contribution < 1.29 is 0 Å². The second-order valence-corrected chi connectivity index (χ2v) is 15.0. The summed E-state index contributed by atoms with van der Waals surface area (Å²) in [6.07, 6.45) is 0. The molecule has 0 aliphatic carbocycles. The Bertz CT molecular complexity index is 2790. The normalized spacial score (nSPS) is 13.0. The lowest BCUT2D eigenvalue weighted by atomic mass is 9.73. The highest BCUT2D eigenvalue weighted by atomic mass is 15.2. The first-order valence-electron chi connectivity index (χ1n) is 19.1. The van der Waals surface area contributed by atoms with Crippen LogP contribution in [0.1, 0.15) is 25.0 Å². The molecule has 1 heterocycles. The van der Waals surface area contributed by atoms with E-state index < -0.39 is 0 Å². The number of nitrogens with zero attached hydrogens (tertiary/aromatic N) is 2. The zero-order valence-electron chi connectivity index (χ0n) is 31.0. The van der Waals surface area contributed by atoms with Crippen LogP contribution in [0.5, 0.6) is 0 Å². The van der Waals surface area contributed by atoms with Gasteiger partial charge in [-0.1, -0.05) is 166 Å². The van der Waals surface area contributed by atoms with Gasteiger partial charge in [-0.2, -0.15) is 0 Å². The molecule has 9 aromatic carbocycles. The first-order chi connectivity index (χ1) is 27.0. The fourth-order valence-corrected chi connectivity index (χ4v) is 8.66. The first kappa shape index (κ1) is 32.7. The van der Waals surface area contributed by atoms with Crippen molar-refractivity contribution in [2.75, 3.05) is 9.80 Å². The summed E-state index contributed by atoms with van der Waals surface area (Å²) in [6, 6.07) is 75.1. The molecule has 0 aromatic heterocycles. The summed E-state index contributed by atoms with van der Waals surface area (Å²) in [4.78, 5) is 4.84. The number of benzene rings is 9. The van der Waals surface area contributed by atoms with Crippen molar-refractivity contribution in [3.63, 3.8) is 0 Å². The van der Waals surface area contributed by atoms with Gasteiger partial charge in [0, 0.05) is 27.9 Å². The molecule has 0 saturated heterocycles. The molecule has 1 aliphatic rings. The minimum absolute atomic E-state index is 0.0960. The zero-order chi connectivity index (χ0) is 36.9. The molecule has 2 heteroatoms. The molecule has 0 atom stereocenters. The predicted molar refractivity (Wildman–Crippen MR) is 234 cm³/mol. The fourth-order valence-electron chi connectivity index (χ4n) is 8.66. The fraction of sp³-hybridized carbons (Fsp3) is 0.0566. The van der Waals surface area contributed by atoms with Crippen LogP contribution < -0.4 is 9.80 Å². The summed E-state index contributed by atoms with van der Waals surface area (Å²) < 4.78 is 0. The van der Waals surface area contributed by atoms with E-state index in [1.54, 1.807) is 0 Å². The van der Waals surface area contributed by atoms with Crippen LogP contribution in [0.3, 0.4) is 0 Å². The number of fused-ring (bicyclic) bond motifs is 5. The monoisotopic (exact) mass is 704 g/mol. The van der Waals surface area contributed by atoms with Crippen molar-refractivity contribution in [1.82, 2.24) is 0 Å². The quantitative estimate of drug-likeness (QED) is 0.159. The lowest BCUT2D eigenvalue weighted by Gasteiger charge is -2.42. The van der Waals surface area contributed by atoms with Crippen molar-refractivity contribution in [3.8, 4) is 22.3 Å². The Labute approximate surface area is 323 Å². The van der Waals surface area contributed by atoms with Crippen molar-refractivity contribution in [2.24, 2.45) is 0 Å². The van der Waals surface area contributed by atoms with E-state index in [4.69, 9.17) is 0 Å². The molecule has 0 bridgehead atoms. The van der Waals surface area contributed by atoms with E-state index in [1.165, 1.54) is 66.3 Å². The maximum absolute atomic E-state index is 2.43. The lowest BCUT2D eigenvalue weighted by molar-refractivity contribution is 0.632. The van der Waals surface area contributed by atoms with E-state index >= 15 is 0 Å². The molecule has 0 fully saturated rings. The summed E-state index contributed by atoms with van der Waals surface area (Å²) >= 11 is 0.